The van der Waals surface area contributed by atoms with Gasteiger partial charge in [0, 0.05) is 10.9 Å². The molecule has 2 N–H and O–H groups in total. The number of benzene rings is 2. The SMILES string of the molecule is CCCc1nc2ccc(Br)cc2c(=O)n1N=Cc1cc(Br)c(OCC(N)=O)c(OC)c1. The normalized spacial score (nSPS) is 11.2. The Hall–Kier alpha value is -2.72. The number of carbonyl (C=O) groups is 1. The van der Waals surface area contributed by atoms with Gasteiger partial charge in [-0.05, 0) is 58.2 Å². The molecule has 162 valence electrons. The minimum absolute atomic E-state index is 0.251. The van der Waals surface area contributed by atoms with E-state index in [1.165, 1.54) is 18.0 Å². The number of hydrogen-bond acceptors (Lipinski definition) is 6. The van der Waals surface area contributed by atoms with E-state index >= 15 is 0 Å². The zero-order valence-electron chi connectivity index (χ0n) is 16.9. The number of nitrogens with zero attached hydrogens (tertiary/aromatic N) is 3. The molecule has 1 aromatic heterocycles. The maximum absolute atomic E-state index is 13.1. The molecule has 2 aromatic carbocycles. The van der Waals surface area contributed by atoms with E-state index in [1.807, 2.05) is 13.0 Å². The Labute approximate surface area is 195 Å². The number of carbonyl (C=O) groups excluding carboxylic acids is 1. The van der Waals surface area contributed by atoms with Crippen LogP contribution in [0.4, 0.5) is 0 Å². The molecule has 0 saturated heterocycles. The fraction of sp³-hybridized carbons (Fsp3) is 0.238. The zero-order chi connectivity index (χ0) is 22.5. The fourth-order valence-electron chi connectivity index (χ4n) is 2.92. The number of fused-ring (bicyclic) bond motifs is 1. The van der Waals surface area contributed by atoms with Gasteiger partial charge in [0.05, 0.1) is 28.7 Å². The van der Waals surface area contributed by atoms with Crippen LogP contribution in [0.15, 0.2) is 49.2 Å². The van der Waals surface area contributed by atoms with E-state index in [0.29, 0.717) is 44.7 Å². The fourth-order valence-corrected chi connectivity index (χ4v) is 3.86. The highest BCUT2D eigenvalue weighted by molar-refractivity contribution is 9.10. The van der Waals surface area contributed by atoms with Gasteiger partial charge in [0.2, 0.25) is 0 Å². The summed E-state index contributed by atoms with van der Waals surface area (Å²) in [6, 6.07) is 8.81. The third-order valence-corrected chi connectivity index (χ3v) is 5.36. The Kier molecular flexibility index (Phi) is 7.45. The van der Waals surface area contributed by atoms with Gasteiger partial charge in [-0.15, -0.1) is 0 Å². The monoisotopic (exact) mass is 550 g/mol. The van der Waals surface area contributed by atoms with Crippen molar-refractivity contribution < 1.29 is 14.3 Å². The molecule has 0 aliphatic heterocycles. The summed E-state index contributed by atoms with van der Waals surface area (Å²) in [7, 11) is 1.48. The Morgan fingerprint density at radius 3 is 2.74 bits per heavy atom. The molecule has 0 spiro atoms. The number of aryl methyl sites for hydroxylation is 1. The molecule has 31 heavy (non-hydrogen) atoms. The van der Waals surface area contributed by atoms with Crippen LogP contribution in [0.3, 0.4) is 0 Å². The second kappa shape index (κ2) is 10.1. The summed E-state index contributed by atoms with van der Waals surface area (Å²) in [6.07, 6.45) is 2.96. The highest BCUT2D eigenvalue weighted by Crippen LogP contribution is 2.36. The van der Waals surface area contributed by atoms with E-state index in [-0.39, 0.29) is 12.2 Å². The van der Waals surface area contributed by atoms with Crippen LogP contribution >= 0.6 is 31.9 Å². The average Bonchev–Trinajstić information content (AvgIpc) is 2.73. The molecule has 1 amide bonds. The van der Waals surface area contributed by atoms with Gasteiger partial charge in [0.25, 0.3) is 11.5 Å². The first kappa shape index (κ1) is 23.0. The van der Waals surface area contributed by atoms with Crippen LogP contribution < -0.4 is 20.8 Å². The van der Waals surface area contributed by atoms with Crippen molar-refractivity contribution >= 4 is 54.9 Å². The Balaban J connectivity index is 2.05. The highest BCUT2D eigenvalue weighted by atomic mass is 79.9. The number of hydrogen-bond donors (Lipinski definition) is 1. The smallest absolute Gasteiger partial charge is 0.282 e. The van der Waals surface area contributed by atoms with E-state index in [4.69, 9.17) is 15.2 Å². The van der Waals surface area contributed by atoms with Crippen LogP contribution in [-0.2, 0) is 11.2 Å². The van der Waals surface area contributed by atoms with Crippen molar-refractivity contribution in [3.63, 3.8) is 0 Å². The van der Waals surface area contributed by atoms with Crippen LogP contribution in [0.5, 0.6) is 11.5 Å². The van der Waals surface area contributed by atoms with Gasteiger partial charge in [0.15, 0.2) is 18.1 Å². The number of rotatable bonds is 8. The Morgan fingerprint density at radius 2 is 2.06 bits per heavy atom. The molecule has 0 aliphatic carbocycles. The quantitative estimate of drug-likeness (QED) is 0.430. The Bertz CT molecular complexity index is 1220. The lowest BCUT2D eigenvalue weighted by atomic mass is 10.2. The van der Waals surface area contributed by atoms with Gasteiger partial charge in [0.1, 0.15) is 5.82 Å². The van der Waals surface area contributed by atoms with Crippen molar-refractivity contribution in [2.24, 2.45) is 10.8 Å². The Morgan fingerprint density at radius 1 is 1.29 bits per heavy atom. The van der Waals surface area contributed by atoms with Gasteiger partial charge in [-0.3, -0.25) is 9.59 Å². The molecule has 3 rings (SSSR count). The number of aromatic nitrogens is 2. The summed E-state index contributed by atoms with van der Waals surface area (Å²) in [4.78, 5) is 28.7. The lowest BCUT2D eigenvalue weighted by molar-refractivity contribution is -0.119. The van der Waals surface area contributed by atoms with Crippen molar-refractivity contribution in [2.45, 2.75) is 19.8 Å². The van der Waals surface area contributed by atoms with Crippen molar-refractivity contribution in [3.05, 3.63) is 61.0 Å². The largest absolute Gasteiger partial charge is 0.493 e. The number of ether oxygens (including phenoxy) is 2. The summed E-state index contributed by atoms with van der Waals surface area (Å²) in [5, 5.41) is 4.88. The molecule has 0 radical (unpaired) electrons. The number of amides is 1. The first-order valence-corrected chi connectivity index (χ1v) is 11.0. The van der Waals surface area contributed by atoms with Gasteiger partial charge in [-0.2, -0.15) is 9.78 Å². The van der Waals surface area contributed by atoms with Crippen LogP contribution in [0.1, 0.15) is 24.7 Å². The van der Waals surface area contributed by atoms with Gasteiger partial charge >= 0.3 is 0 Å². The minimum atomic E-state index is -0.599. The lowest BCUT2D eigenvalue weighted by Gasteiger charge is -2.12. The molecule has 0 saturated carbocycles. The summed E-state index contributed by atoms with van der Waals surface area (Å²) >= 11 is 6.80. The molecular formula is C21H20Br2N4O4. The standard InChI is InChI=1S/C21H20Br2N4O4/c1-3-4-19-26-16-6-5-13(22)9-14(16)21(29)27(19)25-10-12-7-15(23)20(17(8-12)30-2)31-11-18(24)28/h5-10H,3-4,11H2,1-2H3,(H2,24,28). The zero-order valence-corrected chi connectivity index (χ0v) is 20.1. The number of nitrogens with two attached hydrogens (primary N) is 1. The maximum atomic E-state index is 13.1. The first-order valence-electron chi connectivity index (χ1n) is 9.38. The molecule has 3 aromatic rings. The number of halogens is 2. The first-order chi connectivity index (χ1) is 14.8. The number of methoxy groups -OCH3 is 1. The van der Waals surface area contributed by atoms with E-state index in [2.05, 4.69) is 41.9 Å². The van der Waals surface area contributed by atoms with Crippen LogP contribution in [0.25, 0.3) is 10.9 Å². The van der Waals surface area contributed by atoms with Crippen molar-refractivity contribution in [1.29, 1.82) is 0 Å². The van der Waals surface area contributed by atoms with Crippen molar-refractivity contribution in [2.75, 3.05) is 13.7 Å². The topological polar surface area (TPSA) is 109 Å². The third-order valence-electron chi connectivity index (χ3n) is 4.28. The van der Waals surface area contributed by atoms with Crippen LogP contribution in [-0.4, -0.2) is 35.5 Å². The molecular weight excluding hydrogens is 532 g/mol. The predicted octanol–water partition coefficient (Wildman–Crippen LogP) is 3.63. The summed E-state index contributed by atoms with van der Waals surface area (Å²) in [5.41, 5.74) is 6.17. The second-order valence-electron chi connectivity index (χ2n) is 6.59. The van der Waals surface area contributed by atoms with Crippen LogP contribution in [0, 0.1) is 0 Å². The van der Waals surface area contributed by atoms with Gasteiger partial charge in [-0.1, -0.05) is 22.9 Å². The molecule has 0 aliphatic rings. The summed E-state index contributed by atoms with van der Waals surface area (Å²) in [5.74, 6) is 0.710. The molecule has 0 fully saturated rings. The second-order valence-corrected chi connectivity index (χ2v) is 8.36. The maximum Gasteiger partial charge on any atom is 0.282 e. The molecule has 10 heteroatoms. The van der Waals surface area contributed by atoms with Gasteiger partial charge < -0.3 is 15.2 Å². The molecule has 0 unspecified atom stereocenters. The molecule has 8 nitrogen and oxygen atoms in total. The summed E-state index contributed by atoms with van der Waals surface area (Å²) in [6.45, 7) is 1.73. The van der Waals surface area contributed by atoms with E-state index in [9.17, 15) is 9.59 Å². The highest BCUT2D eigenvalue weighted by Gasteiger charge is 2.13. The van der Waals surface area contributed by atoms with Crippen LogP contribution in [0.2, 0.25) is 0 Å². The van der Waals surface area contributed by atoms with E-state index in [1.54, 1.807) is 24.3 Å². The van der Waals surface area contributed by atoms with E-state index < -0.39 is 5.91 Å². The molecule has 1 heterocycles. The van der Waals surface area contributed by atoms with E-state index in [0.717, 1.165) is 10.9 Å². The average molecular weight is 552 g/mol. The lowest BCUT2D eigenvalue weighted by Crippen LogP contribution is -2.22. The van der Waals surface area contributed by atoms with Gasteiger partial charge in [-0.25, -0.2) is 4.98 Å². The third kappa shape index (κ3) is 5.31. The van der Waals surface area contributed by atoms with Crippen molar-refractivity contribution in [3.8, 4) is 11.5 Å². The summed E-state index contributed by atoms with van der Waals surface area (Å²) < 4.78 is 13.4. The molecule has 0 bridgehead atoms. The number of primary amides is 1. The predicted molar refractivity (Wildman–Crippen MR) is 126 cm³/mol. The van der Waals surface area contributed by atoms with Crippen molar-refractivity contribution in [1.82, 2.24) is 9.66 Å². The molecule has 0 atom stereocenters. The minimum Gasteiger partial charge on any atom is -0.493 e.